The summed E-state index contributed by atoms with van der Waals surface area (Å²) in [6.07, 6.45) is 6.31. The van der Waals surface area contributed by atoms with E-state index in [1.54, 1.807) is 24.3 Å². The Balaban J connectivity index is 1.75. The van der Waals surface area contributed by atoms with Crippen LogP contribution in [0.15, 0.2) is 24.3 Å². The number of nitrogens with one attached hydrogen (secondary N) is 1. The van der Waals surface area contributed by atoms with Gasteiger partial charge in [0, 0.05) is 24.4 Å². The van der Waals surface area contributed by atoms with Gasteiger partial charge in [-0.25, -0.2) is 0 Å². The first-order valence-electron chi connectivity index (χ1n) is 8.24. The minimum Gasteiger partial charge on any atom is -0.494 e. The maximum Gasteiger partial charge on any atom is 0.220 e. The smallest absolute Gasteiger partial charge is 0.220 e. The van der Waals surface area contributed by atoms with Crippen molar-refractivity contribution in [2.24, 2.45) is 0 Å². The SMILES string of the molecule is CCOc1ccc(C(=O)CCC(=O)NC2CCCCC2)cc1. The Hall–Kier alpha value is -1.84. The van der Waals surface area contributed by atoms with Crippen LogP contribution in [0.4, 0.5) is 0 Å². The van der Waals surface area contributed by atoms with Crippen LogP contribution in [0.25, 0.3) is 0 Å². The van der Waals surface area contributed by atoms with Crippen LogP contribution in [-0.2, 0) is 4.79 Å². The van der Waals surface area contributed by atoms with Gasteiger partial charge < -0.3 is 10.1 Å². The molecular weight excluding hydrogens is 278 g/mol. The summed E-state index contributed by atoms with van der Waals surface area (Å²) >= 11 is 0. The van der Waals surface area contributed by atoms with E-state index in [-0.39, 0.29) is 24.5 Å². The number of hydrogen-bond acceptors (Lipinski definition) is 3. The molecule has 4 heteroatoms. The summed E-state index contributed by atoms with van der Waals surface area (Å²) in [4.78, 5) is 24.0. The van der Waals surface area contributed by atoms with E-state index >= 15 is 0 Å². The molecule has 0 radical (unpaired) electrons. The van der Waals surface area contributed by atoms with Gasteiger partial charge in [0.1, 0.15) is 5.75 Å². The average molecular weight is 303 g/mol. The second kappa shape index (κ2) is 8.57. The van der Waals surface area contributed by atoms with Crippen LogP contribution in [0.1, 0.15) is 62.2 Å². The molecular formula is C18H25NO3. The van der Waals surface area contributed by atoms with Gasteiger partial charge in [-0.1, -0.05) is 19.3 Å². The van der Waals surface area contributed by atoms with Crippen molar-refractivity contribution >= 4 is 11.7 Å². The van der Waals surface area contributed by atoms with Gasteiger partial charge in [-0.15, -0.1) is 0 Å². The molecule has 0 heterocycles. The van der Waals surface area contributed by atoms with Crippen LogP contribution >= 0.6 is 0 Å². The lowest BCUT2D eigenvalue weighted by Crippen LogP contribution is -2.36. The van der Waals surface area contributed by atoms with Crippen molar-refractivity contribution in [3.05, 3.63) is 29.8 Å². The van der Waals surface area contributed by atoms with E-state index in [2.05, 4.69) is 5.32 Å². The maximum absolute atomic E-state index is 12.1. The molecule has 1 aliphatic carbocycles. The van der Waals surface area contributed by atoms with Gasteiger partial charge in [0.25, 0.3) is 0 Å². The summed E-state index contributed by atoms with van der Waals surface area (Å²) in [5, 5.41) is 3.04. The summed E-state index contributed by atoms with van der Waals surface area (Å²) in [5.41, 5.74) is 0.633. The van der Waals surface area contributed by atoms with Crippen molar-refractivity contribution < 1.29 is 14.3 Å². The molecule has 120 valence electrons. The summed E-state index contributed by atoms with van der Waals surface area (Å²) in [7, 11) is 0. The fourth-order valence-electron chi connectivity index (χ4n) is 2.82. The lowest BCUT2D eigenvalue weighted by Gasteiger charge is -2.22. The lowest BCUT2D eigenvalue weighted by atomic mass is 9.95. The molecule has 0 unspecified atom stereocenters. The zero-order valence-corrected chi connectivity index (χ0v) is 13.3. The normalized spacial score (nSPS) is 15.3. The van der Waals surface area contributed by atoms with Crippen LogP contribution in [0.3, 0.4) is 0 Å². The molecule has 1 N–H and O–H groups in total. The number of amides is 1. The average Bonchev–Trinajstić information content (AvgIpc) is 2.54. The van der Waals surface area contributed by atoms with E-state index in [1.165, 1.54) is 19.3 Å². The fraction of sp³-hybridized carbons (Fsp3) is 0.556. The third kappa shape index (κ3) is 5.17. The zero-order chi connectivity index (χ0) is 15.8. The second-order valence-electron chi connectivity index (χ2n) is 5.78. The number of carbonyl (C=O) groups is 2. The van der Waals surface area contributed by atoms with Crippen molar-refractivity contribution in [2.45, 2.75) is 57.9 Å². The molecule has 1 saturated carbocycles. The zero-order valence-electron chi connectivity index (χ0n) is 13.3. The molecule has 4 nitrogen and oxygen atoms in total. The van der Waals surface area contributed by atoms with Crippen LogP contribution in [0, 0.1) is 0 Å². The Bertz CT molecular complexity index is 490. The Morgan fingerprint density at radius 1 is 1.09 bits per heavy atom. The third-order valence-electron chi connectivity index (χ3n) is 4.04. The van der Waals surface area contributed by atoms with Gasteiger partial charge in [0.05, 0.1) is 6.61 Å². The first-order valence-corrected chi connectivity index (χ1v) is 8.24. The Labute approximate surface area is 132 Å². The van der Waals surface area contributed by atoms with E-state index in [9.17, 15) is 9.59 Å². The van der Waals surface area contributed by atoms with Crippen LogP contribution in [0.5, 0.6) is 5.75 Å². The highest BCUT2D eigenvalue weighted by Gasteiger charge is 2.16. The number of Topliss-reactive ketones (excluding diaryl/α,β-unsaturated/α-hetero) is 1. The summed E-state index contributed by atoms with van der Waals surface area (Å²) < 4.78 is 5.35. The maximum atomic E-state index is 12.1. The van der Waals surface area contributed by atoms with E-state index in [0.29, 0.717) is 18.2 Å². The Morgan fingerprint density at radius 3 is 2.41 bits per heavy atom. The summed E-state index contributed by atoms with van der Waals surface area (Å²) in [6.45, 7) is 2.53. The topological polar surface area (TPSA) is 55.4 Å². The molecule has 0 spiro atoms. The first-order chi connectivity index (χ1) is 10.7. The van der Waals surface area contributed by atoms with Crippen LogP contribution in [-0.4, -0.2) is 24.3 Å². The van der Waals surface area contributed by atoms with Crippen molar-refractivity contribution in [1.82, 2.24) is 5.32 Å². The van der Waals surface area contributed by atoms with Crippen molar-refractivity contribution in [1.29, 1.82) is 0 Å². The van der Waals surface area contributed by atoms with Gasteiger partial charge in [-0.2, -0.15) is 0 Å². The molecule has 1 aliphatic rings. The molecule has 0 saturated heterocycles. The van der Waals surface area contributed by atoms with E-state index in [1.807, 2.05) is 6.92 Å². The first kappa shape index (κ1) is 16.5. The number of benzene rings is 1. The fourth-order valence-corrected chi connectivity index (χ4v) is 2.82. The van der Waals surface area contributed by atoms with Crippen LogP contribution < -0.4 is 10.1 Å². The molecule has 2 rings (SSSR count). The predicted octanol–water partition coefficient (Wildman–Crippen LogP) is 3.50. The molecule has 1 aromatic carbocycles. The number of hydrogen-bond donors (Lipinski definition) is 1. The predicted molar refractivity (Wildman–Crippen MR) is 86.2 cm³/mol. The molecule has 1 amide bonds. The van der Waals surface area contributed by atoms with E-state index < -0.39 is 0 Å². The van der Waals surface area contributed by atoms with Crippen molar-refractivity contribution in [2.75, 3.05) is 6.61 Å². The second-order valence-corrected chi connectivity index (χ2v) is 5.78. The van der Waals surface area contributed by atoms with Gasteiger partial charge in [0.15, 0.2) is 5.78 Å². The van der Waals surface area contributed by atoms with E-state index in [0.717, 1.165) is 18.6 Å². The highest BCUT2D eigenvalue weighted by Crippen LogP contribution is 2.18. The van der Waals surface area contributed by atoms with Gasteiger partial charge >= 0.3 is 0 Å². The van der Waals surface area contributed by atoms with Gasteiger partial charge in [-0.3, -0.25) is 9.59 Å². The quantitative estimate of drug-likeness (QED) is 0.784. The van der Waals surface area contributed by atoms with Gasteiger partial charge in [-0.05, 0) is 44.0 Å². The highest BCUT2D eigenvalue weighted by molar-refractivity contribution is 5.98. The molecule has 0 aromatic heterocycles. The Kier molecular flexibility index (Phi) is 6.44. The minimum absolute atomic E-state index is 0.00171. The third-order valence-corrected chi connectivity index (χ3v) is 4.04. The monoisotopic (exact) mass is 303 g/mol. The lowest BCUT2D eigenvalue weighted by molar-refractivity contribution is -0.121. The minimum atomic E-state index is -0.00816. The molecule has 0 bridgehead atoms. The van der Waals surface area contributed by atoms with Crippen LogP contribution in [0.2, 0.25) is 0 Å². The Morgan fingerprint density at radius 2 is 1.77 bits per heavy atom. The molecule has 0 atom stereocenters. The number of ether oxygens (including phenoxy) is 1. The van der Waals surface area contributed by atoms with Crippen molar-refractivity contribution in [3.63, 3.8) is 0 Å². The number of ketones is 1. The highest BCUT2D eigenvalue weighted by atomic mass is 16.5. The van der Waals surface area contributed by atoms with Crippen molar-refractivity contribution in [3.8, 4) is 5.75 Å². The summed E-state index contributed by atoms with van der Waals surface area (Å²) in [5.74, 6) is 0.752. The number of rotatable bonds is 7. The summed E-state index contributed by atoms with van der Waals surface area (Å²) in [6, 6.07) is 7.40. The molecule has 1 fully saturated rings. The molecule has 1 aromatic rings. The van der Waals surface area contributed by atoms with Gasteiger partial charge in [0.2, 0.25) is 5.91 Å². The standard InChI is InChI=1S/C18H25NO3/c1-2-22-16-10-8-14(9-11-16)17(20)12-13-18(21)19-15-6-4-3-5-7-15/h8-11,15H,2-7,12-13H2,1H3,(H,19,21). The molecule has 22 heavy (non-hydrogen) atoms. The molecule has 0 aliphatic heterocycles. The largest absolute Gasteiger partial charge is 0.494 e. The number of carbonyl (C=O) groups excluding carboxylic acids is 2. The van der Waals surface area contributed by atoms with E-state index in [4.69, 9.17) is 4.74 Å².